The molecule has 0 spiro atoms. The van der Waals surface area contributed by atoms with Crippen molar-refractivity contribution in [3.8, 4) is 0 Å². The van der Waals surface area contributed by atoms with Crippen molar-refractivity contribution in [2.45, 2.75) is 44.4 Å². The van der Waals surface area contributed by atoms with E-state index in [4.69, 9.17) is 4.74 Å². The number of hydrogen-bond donors (Lipinski definition) is 0. The van der Waals surface area contributed by atoms with Gasteiger partial charge in [-0.05, 0) is 37.5 Å². The molecular weight excluding hydrogens is 352 g/mol. The largest absolute Gasteiger partial charge is 0.379 e. The molecule has 0 saturated carbocycles. The molecule has 7 heteroatoms. The molecule has 0 radical (unpaired) electrons. The highest BCUT2D eigenvalue weighted by atomic mass is 32.2. The first-order valence-corrected chi connectivity index (χ1v) is 10.9. The molecule has 1 heterocycles. The van der Waals surface area contributed by atoms with Crippen LogP contribution in [0.3, 0.4) is 0 Å². The molecular formula is C19H30N2O4S. The topological polar surface area (TPSA) is 66.9 Å². The number of morpholine rings is 1. The lowest BCUT2D eigenvalue weighted by molar-refractivity contribution is -0.131. The Morgan fingerprint density at radius 1 is 1.15 bits per heavy atom. The van der Waals surface area contributed by atoms with Crippen LogP contribution >= 0.6 is 0 Å². The Kier molecular flexibility index (Phi) is 8.06. The van der Waals surface area contributed by atoms with E-state index < -0.39 is 10.0 Å². The lowest BCUT2D eigenvalue weighted by Crippen LogP contribution is -2.40. The first-order valence-electron chi connectivity index (χ1n) is 9.43. The fourth-order valence-corrected chi connectivity index (χ4v) is 4.39. The number of benzene rings is 1. The normalized spacial score (nSPS) is 15.8. The molecule has 1 aliphatic rings. The number of sulfonamides is 1. The summed E-state index contributed by atoms with van der Waals surface area (Å²) in [6.45, 7) is 7.31. The van der Waals surface area contributed by atoms with Crippen LogP contribution in [0.15, 0.2) is 29.2 Å². The highest BCUT2D eigenvalue weighted by Crippen LogP contribution is 2.18. The van der Waals surface area contributed by atoms with Crippen LogP contribution < -0.4 is 0 Å². The average Bonchev–Trinajstić information content (AvgIpc) is 2.68. The maximum Gasteiger partial charge on any atom is 0.243 e. The number of unbranched alkanes of at least 4 members (excludes halogenated alkanes) is 1. The van der Waals surface area contributed by atoms with E-state index in [0.717, 1.165) is 31.5 Å². The van der Waals surface area contributed by atoms with Crippen molar-refractivity contribution in [1.29, 1.82) is 0 Å². The molecule has 146 valence electrons. The van der Waals surface area contributed by atoms with Gasteiger partial charge in [0.15, 0.2) is 0 Å². The van der Waals surface area contributed by atoms with Crippen LogP contribution in [0.25, 0.3) is 0 Å². The summed E-state index contributed by atoms with van der Waals surface area (Å²) >= 11 is 0. The van der Waals surface area contributed by atoms with Gasteiger partial charge in [-0.1, -0.05) is 25.5 Å². The van der Waals surface area contributed by atoms with Gasteiger partial charge in [-0.25, -0.2) is 8.42 Å². The summed E-state index contributed by atoms with van der Waals surface area (Å²) in [6, 6.07) is 6.89. The van der Waals surface area contributed by atoms with Gasteiger partial charge >= 0.3 is 0 Å². The molecule has 0 aromatic heterocycles. The van der Waals surface area contributed by atoms with E-state index in [1.807, 2.05) is 24.0 Å². The van der Waals surface area contributed by atoms with Crippen LogP contribution in [-0.4, -0.2) is 62.9 Å². The van der Waals surface area contributed by atoms with Gasteiger partial charge in [-0.15, -0.1) is 0 Å². The van der Waals surface area contributed by atoms with E-state index in [0.29, 0.717) is 44.0 Å². The molecule has 26 heavy (non-hydrogen) atoms. The van der Waals surface area contributed by atoms with Crippen LogP contribution in [0.2, 0.25) is 0 Å². The number of rotatable bonds is 9. The minimum absolute atomic E-state index is 0.158. The third-order valence-electron chi connectivity index (χ3n) is 4.67. The number of aryl methyl sites for hydroxylation is 1. The zero-order chi connectivity index (χ0) is 19.0. The van der Waals surface area contributed by atoms with E-state index >= 15 is 0 Å². The van der Waals surface area contributed by atoms with Gasteiger partial charge in [0, 0.05) is 32.6 Å². The van der Waals surface area contributed by atoms with Crippen LogP contribution in [-0.2, 0) is 26.0 Å². The number of carbonyl (C=O) groups is 1. The second kappa shape index (κ2) is 10.0. The first kappa shape index (κ1) is 20.9. The molecule has 1 aliphatic heterocycles. The highest BCUT2D eigenvalue weighted by Gasteiger charge is 2.26. The van der Waals surface area contributed by atoms with E-state index in [2.05, 4.69) is 6.92 Å². The molecule has 1 fully saturated rings. The third-order valence-corrected chi connectivity index (χ3v) is 6.59. The Bertz CT molecular complexity index is 667. The van der Waals surface area contributed by atoms with Gasteiger partial charge in [-0.2, -0.15) is 4.31 Å². The minimum atomic E-state index is -3.46. The van der Waals surface area contributed by atoms with Crippen molar-refractivity contribution < 1.29 is 17.9 Å². The zero-order valence-corrected chi connectivity index (χ0v) is 16.6. The number of ether oxygens (including phenoxy) is 1. The van der Waals surface area contributed by atoms with Gasteiger partial charge in [0.05, 0.1) is 18.1 Å². The Hall–Kier alpha value is -1.44. The highest BCUT2D eigenvalue weighted by molar-refractivity contribution is 7.89. The van der Waals surface area contributed by atoms with Crippen LogP contribution in [0.4, 0.5) is 0 Å². The summed E-state index contributed by atoms with van der Waals surface area (Å²) in [5.74, 6) is 0.158. The molecule has 0 N–H and O–H groups in total. The van der Waals surface area contributed by atoms with Gasteiger partial charge in [-0.3, -0.25) is 4.79 Å². The summed E-state index contributed by atoms with van der Waals surface area (Å²) in [4.78, 5) is 14.5. The molecule has 1 aromatic rings. The van der Waals surface area contributed by atoms with E-state index in [1.165, 1.54) is 4.31 Å². The van der Waals surface area contributed by atoms with Crippen molar-refractivity contribution in [1.82, 2.24) is 9.21 Å². The maximum absolute atomic E-state index is 12.6. The summed E-state index contributed by atoms with van der Waals surface area (Å²) in [5.41, 5.74) is 0.978. The molecule has 6 nitrogen and oxygen atoms in total. The van der Waals surface area contributed by atoms with Gasteiger partial charge in [0.1, 0.15) is 0 Å². The summed E-state index contributed by atoms with van der Waals surface area (Å²) < 4.78 is 31.9. The van der Waals surface area contributed by atoms with E-state index in [1.54, 1.807) is 12.1 Å². The van der Waals surface area contributed by atoms with Crippen molar-refractivity contribution in [2.75, 3.05) is 39.4 Å². The number of carbonyl (C=O) groups excluding carboxylic acids is 1. The standard InChI is InChI=1S/C19H30N2O4S/c1-3-5-12-20(4-2)19(22)11-8-17-6-9-18(10-7-17)26(23,24)21-13-15-25-16-14-21/h6-7,9-10H,3-5,8,11-16H2,1-2H3. The molecule has 1 aromatic carbocycles. The Balaban J connectivity index is 1.93. The first-order chi connectivity index (χ1) is 12.5. The molecule has 1 saturated heterocycles. The molecule has 0 bridgehead atoms. The SMILES string of the molecule is CCCCN(CC)C(=O)CCc1ccc(S(=O)(=O)N2CCOCC2)cc1. The second-order valence-corrected chi connectivity index (χ2v) is 8.43. The van der Waals surface area contributed by atoms with Crippen LogP contribution in [0, 0.1) is 0 Å². The Morgan fingerprint density at radius 3 is 2.38 bits per heavy atom. The average molecular weight is 383 g/mol. The fraction of sp³-hybridized carbons (Fsp3) is 0.632. The minimum Gasteiger partial charge on any atom is -0.379 e. The molecule has 2 rings (SSSR count). The number of hydrogen-bond acceptors (Lipinski definition) is 4. The summed E-state index contributed by atoms with van der Waals surface area (Å²) in [6.07, 6.45) is 3.17. The summed E-state index contributed by atoms with van der Waals surface area (Å²) in [7, 11) is -3.46. The third kappa shape index (κ3) is 5.53. The predicted octanol–water partition coefficient (Wildman–Crippen LogP) is 2.29. The van der Waals surface area contributed by atoms with Gasteiger partial charge in [0.2, 0.25) is 15.9 Å². The van der Waals surface area contributed by atoms with Gasteiger partial charge < -0.3 is 9.64 Å². The molecule has 0 atom stereocenters. The quantitative estimate of drug-likeness (QED) is 0.657. The second-order valence-electron chi connectivity index (χ2n) is 6.49. The Labute approximate surface area is 157 Å². The van der Waals surface area contributed by atoms with Crippen LogP contribution in [0.1, 0.15) is 38.7 Å². The van der Waals surface area contributed by atoms with Crippen molar-refractivity contribution in [3.05, 3.63) is 29.8 Å². The number of nitrogens with zero attached hydrogens (tertiary/aromatic N) is 2. The lowest BCUT2D eigenvalue weighted by Gasteiger charge is -2.26. The van der Waals surface area contributed by atoms with Gasteiger partial charge in [0.25, 0.3) is 0 Å². The molecule has 0 unspecified atom stereocenters. The molecule has 1 amide bonds. The predicted molar refractivity (Wildman–Crippen MR) is 102 cm³/mol. The summed E-state index contributed by atoms with van der Waals surface area (Å²) in [5, 5.41) is 0. The zero-order valence-electron chi connectivity index (χ0n) is 15.8. The van der Waals surface area contributed by atoms with Crippen molar-refractivity contribution >= 4 is 15.9 Å². The van der Waals surface area contributed by atoms with Crippen molar-refractivity contribution in [3.63, 3.8) is 0 Å². The van der Waals surface area contributed by atoms with E-state index in [9.17, 15) is 13.2 Å². The van der Waals surface area contributed by atoms with Crippen molar-refractivity contribution in [2.24, 2.45) is 0 Å². The fourth-order valence-electron chi connectivity index (χ4n) is 2.98. The van der Waals surface area contributed by atoms with Crippen LogP contribution in [0.5, 0.6) is 0 Å². The lowest BCUT2D eigenvalue weighted by atomic mass is 10.1. The monoisotopic (exact) mass is 382 g/mol. The number of amides is 1. The molecule has 0 aliphatic carbocycles. The maximum atomic E-state index is 12.6. The smallest absolute Gasteiger partial charge is 0.243 e. The van der Waals surface area contributed by atoms with E-state index in [-0.39, 0.29) is 5.91 Å². The Morgan fingerprint density at radius 2 is 1.81 bits per heavy atom.